The average molecular weight is 319 g/mol. The quantitative estimate of drug-likeness (QED) is 0.780. The highest BCUT2D eigenvalue weighted by molar-refractivity contribution is 6.04. The largest absolute Gasteiger partial charge is 0.322 e. The summed E-state index contributed by atoms with van der Waals surface area (Å²) in [6, 6.07) is 15.5. The van der Waals surface area contributed by atoms with Crippen molar-refractivity contribution in [3.63, 3.8) is 0 Å². The van der Waals surface area contributed by atoms with Crippen LogP contribution in [0.4, 0.5) is 5.69 Å². The van der Waals surface area contributed by atoms with Crippen molar-refractivity contribution in [2.75, 3.05) is 5.32 Å². The summed E-state index contributed by atoms with van der Waals surface area (Å²) in [7, 11) is 0. The first-order valence-electron chi connectivity index (χ1n) is 7.96. The third-order valence-electron chi connectivity index (χ3n) is 4.01. The van der Waals surface area contributed by atoms with E-state index in [1.807, 2.05) is 74.8 Å². The lowest BCUT2D eigenvalue weighted by atomic mass is 10.1. The molecule has 3 aromatic rings. The molecule has 0 saturated heterocycles. The Morgan fingerprint density at radius 3 is 2.25 bits per heavy atom. The van der Waals surface area contributed by atoms with E-state index in [1.165, 1.54) is 5.56 Å². The fourth-order valence-electron chi connectivity index (χ4n) is 2.79. The Morgan fingerprint density at radius 1 is 0.958 bits per heavy atom. The zero-order chi connectivity index (χ0) is 17.3. The van der Waals surface area contributed by atoms with Gasteiger partial charge in [-0.1, -0.05) is 17.7 Å². The maximum absolute atomic E-state index is 12.4. The molecule has 0 radical (unpaired) electrons. The van der Waals surface area contributed by atoms with Crippen molar-refractivity contribution < 1.29 is 4.79 Å². The second-order valence-corrected chi connectivity index (χ2v) is 6.16. The number of amides is 1. The van der Waals surface area contributed by atoms with Crippen LogP contribution in [0, 0.1) is 27.7 Å². The van der Waals surface area contributed by atoms with Gasteiger partial charge in [-0.25, -0.2) is 4.68 Å². The molecule has 1 N–H and O–H groups in total. The molecule has 24 heavy (non-hydrogen) atoms. The molecule has 0 aliphatic carbocycles. The number of carbonyl (C=O) groups excluding carboxylic acids is 1. The number of rotatable bonds is 3. The van der Waals surface area contributed by atoms with Gasteiger partial charge in [0, 0.05) is 16.9 Å². The Kier molecular flexibility index (Phi) is 4.21. The number of nitrogens with zero attached hydrogens (tertiary/aromatic N) is 2. The molecule has 1 heterocycles. The SMILES string of the molecule is Cc1ccc(NC(=O)c2ccc(-n3nc(C)cc3C)cc2)c(C)c1. The van der Waals surface area contributed by atoms with Crippen LogP contribution in [-0.2, 0) is 0 Å². The lowest BCUT2D eigenvalue weighted by molar-refractivity contribution is 0.102. The van der Waals surface area contributed by atoms with E-state index in [0.717, 1.165) is 28.3 Å². The molecular formula is C20H21N3O. The molecule has 4 heteroatoms. The van der Waals surface area contributed by atoms with Crippen LogP contribution < -0.4 is 5.32 Å². The first kappa shape index (κ1) is 16.0. The van der Waals surface area contributed by atoms with Gasteiger partial charge in [0.2, 0.25) is 0 Å². The highest BCUT2D eigenvalue weighted by atomic mass is 16.1. The van der Waals surface area contributed by atoms with E-state index in [1.54, 1.807) is 0 Å². The van der Waals surface area contributed by atoms with Crippen LogP contribution in [0.15, 0.2) is 48.5 Å². The van der Waals surface area contributed by atoms with Gasteiger partial charge in [-0.3, -0.25) is 4.79 Å². The van der Waals surface area contributed by atoms with Gasteiger partial charge in [0.1, 0.15) is 0 Å². The van der Waals surface area contributed by atoms with E-state index in [-0.39, 0.29) is 5.91 Å². The van der Waals surface area contributed by atoms with Crippen LogP contribution in [0.2, 0.25) is 0 Å². The minimum absolute atomic E-state index is 0.109. The van der Waals surface area contributed by atoms with Crippen molar-refractivity contribution in [3.8, 4) is 5.69 Å². The number of nitrogens with one attached hydrogen (secondary N) is 1. The monoisotopic (exact) mass is 319 g/mol. The maximum atomic E-state index is 12.4. The van der Waals surface area contributed by atoms with Crippen molar-refractivity contribution in [1.29, 1.82) is 0 Å². The fourth-order valence-corrected chi connectivity index (χ4v) is 2.79. The summed E-state index contributed by atoms with van der Waals surface area (Å²) in [6.45, 7) is 8.01. The van der Waals surface area contributed by atoms with E-state index >= 15 is 0 Å². The second kappa shape index (κ2) is 6.32. The van der Waals surface area contributed by atoms with Gasteiger partial charge in [-0.05, 0) is 69.7 Å². The highest BCUT2D eigenvalue weighted by Crippen LogP contribution is 2.18. The smallest absolute Gasteiger partial charge is 0.255 e. The highest BCUT2D eigenvalue weighted by Gasteiger charge is 2.09. The summed E-state index contributed by atoms with van der Waals surface area (Å²) in [5.74, 6) is -0.109. The molecule has 0 unspecified atom stereocenters. The normalized spacial score (nSPS) is 10.7. The van der Waals surface area contributed by atoms with E-state index < -0.39 is 0 Å². The first-order chi connectivity index (χ1) is 11.4. The van der Waals surface area contributed by atoms with Gasteiger partial charge in [0.05, 0.1) is 11.4 Å². The summed E-state index contributed by atoms with van der Waals surface area (Å²) in [6.07, 6.45) is 0. The molecule has 122 valence electrons. The second-order valence-electron chi connectivity index (χ2n) is 6.16. The van der Waals surface area contributed by atoms with Gasteiger partial charge in [-0.2, -0.15) is 5.10 Å². The minimum Gasteiger partial charge on any atom is -0.322 e. The van der Waals surface area contributed by atoms with Crippen molar-refractivity contribution >= 4 is 11.6 Å². The number of hydrogen-bond donors (Lipinski definition) is 1. The predicted molar refractivity (Wildman–Crippen MR) is 96.9 cm³/mol. The fraction of sp³-hybridized carbons (Fsp3) is 0.200. The third kappa shape index (κ3) is 3.23. The van der Waals surface area contributed by atoms with Crippen LogP contribution in [0.3, 0.4) is 0 Å². The Labute approximate surface area is 142 Å². The van der Waals surface area contributed by atoms with Crippen LogP contribution >= 0.6 is 0 Å². The van der Waals surface area contributed by atoms with Crippen LogP contribution in [-0.4, -0.2) is 15.7 Å². The van der Waals surface area contributed by atoms with Crippen molar-refractivity contribution in [1.82, 2.24) is 9.78 Å². The maximum Gasteiger partial charge on any atom is 0.255 e. The summed E-state index contributed by atoms with van der Waals surface area (Å²) in [5, 5.41) is 7.43. The number of carbonyl (C=O) groups is 1. The number of anilines is 1. The number of benzene rings is 2. The van der Waals surface area contributed by atoms with Crippen LogP contribution in [0.25, 0.3) is 5.69 Å². The minimum atomic E-state index is -0.109. The summed E-state index contributed by atoms with van der Waals surface area (Å²) < 4.78 is 1.88. The van der Waals surface area contributed by atoms with Gasteiger partial charge in [0.25, 0.3) is 5.91 Å². The lowest BCUT2D eigenvalue weighted by Gasteiger charge is -2.10. The van der Waals surface area contributed by atoms with Gasteiger partial charge >= 0.3 is 0 Å². The van der Waals surface area contributed by atoms with Gasteiger partial charge < -0.3 is 5.32 Å². The molecular weight excluding hydrogens is 298 g/mol. The van der Waals surface area contributed by atoms with Crippen molar-refractivity contribution in [3.05, 3.63) is 76.6 Å². The topological polar surface area (TPSA) is 46.9 Å². The number of aromatic nitrogens is 2. The average Bonchev–Trinajstić information content (AvgIpc) is 2.88. The zero-order valence-corrected chi connectivity index (χ0v) is 14.4. The van der Waals surface area contributed by atoms with Crippen molar-refractivity contribution in [2.45, 2.75) is 27.7 Å². The first-order valence-corrected chi connectivity index (χ1v) is 7.96. The summed E-state index contributed by atoms with van der Waals surface area (Å²) >= 11 is 0. The Bertz CT molecular complexity index is 892. The molecule has 0 atom stereocenters. The summed E-state index contributed by atoms with van der Waals surface area (Å²) in [4.78, 5) is 12.4. The van der Waals surface area contributed by atoms with E-state index in [2.05, 4.69) is 16.5 Å². The Hall–Kier alpha value is -2.88. The Morgan fingerprint density at radius 2 is 1.67 bits per heavy atom. The molecule has 0 spiro atoms. The number of hydrogen-bond acceptors (Lipinski definition) is 2. The predicted octanol–water partition coefficient (Wildman–Crippen LogP) is 4.36. The Balaban J connectivity index is 1.80. The molecule has 2 aromatic carbocycles. The molecule has 0 bridgehead atoms. The van der Waals surface area contributed by atoms with Crippen LogP contribution in [0.5, 0.6) is 0 Å². The molecule has 1 aromatic heterocycles. The molecule has 0 saturated carbocycles. The van der Waals surface area contributed by atoms with E-state index in [4.69, 9.17) is 0 Å². The molecule has 0 aliphatic heterocycles. The van der Waals surface area contributed by atoms with Gasteiger partial charge in [0.15, 0.2) is 0 Å². The van der Waals surface area contributed by atoms with Crippen molar-refractivity contribution in [2.24, 2.45) is 0 Å². The molecule has 0 fully saturated rings. The lowest BCUT2D eigenvalue weighted by Crippen LogP contribution is -2.13. The number of aryl methyl sites for hydroxylation is 4. The molecule has 4 nitrogen and oxygen atoms in total. The molecule has 1 amide bonds. The zero-order valence-electron chi connectivity index (χ0n) is 14.4. The van der Waals surface area contributed by atoms with E-state index in [0.29, 0.717) is 5.56 Å². The summed E-state index contributed by atoms with van der Waals surface area (Å²) in [5.41, 5.74) is 6.70. The van der Waals surface area contributed by atoms with E-state index in [9.17, 15) is 4.79 Å². The standard InChI is InChI=1S/C20H21N3O/c1-13-5-10-19(14(2)11-13)21-20(24)17-6-8-18(9-7-17)23-16(4)12-15(3)22-23/h5-12H,1-4H3,(H,21,24). The van der Waals surface area contributed by atoms with Crippen LogP contribution in [0.1, 0.15) is 32.9 Å². The van der Waals surface area contributed by atoms with Gasteiger partial charge in [-0.15, -0.1) is 0 Å². The molecule has 0 aliphatic rings. The third-order valence-corrected chi connectivity index (χ3v) is 4.01. The molecule has 3 rings (SSSR count).